The van der Waals surface area contributed by atoms with E-state index in [9.17, 15) is 28.5 Å². The van der Waals surface area contributed by atoms with Gasteiger partial charge in [-0.15, -0.1) is 0 Å². The third kappa shape index (κ3) is 30.7. The van der Waals surface area contributed by atoms with Crippen LogP contribution in [0.2, 0.25) is 0 Å². The van der Waals surface area contributed by atoms with Crippen LogP contribution < -0.4 is 0 Å². The van der Waals surface area contributed by atoms with E-state index in [1.807, 2.05) is 0 Å². The highest BCUT2D eigenvalue weighted by molar-refractivity contribution is 7.80. The van der Waals surface area contributed by atoms with E-state index in [1.165, 1.54) is 141 Å². The first-order valence-electron chi connectivity index (χ1n) is 23.3. The molecule has 0 aromatic carbocycles. The van der Waals surface area contributed by atoms with E-state index in [-0.39, 0.29) is 19.6 Å². The van der Waals surface area contributed by atoms with Gasteiger partial charge in [0.25, 0.3) is 0 Å². The molecule has 340 valence electrons. The molecule has 1 rings (SSSR count). The molecule has 0 aromatic rings. The van der Waals surface area contributed by atoms with E-state index >= 15 is 0 Å². The highest BCUT2D eigenvalue weighted by Gasteiger charge is 2.48. The molecule has 0 bridgehead atoms. The van der Waals surface area contributed by atoms with Gasteiger partial charge in [0.15, 0.2) is 6.29 Å². The molecule has 1 heterocycles. The molecule has 0 amide bonds. The van der Waals surface area contributed by atoms with Crippen molar-refractivity contribution in [3.8, 4) is 0 Å². The highest BCUT2D eigenvalue weighted by Crippen LogP contribution is 2.26. The van der Waals surface area contributed by atoms with E-state index in [2.05, 4.69) is 18.0 Å². The Labute approximate surface area is 347 Å². The first kappa shape index (κ1) is 54.1. The zero-order chi connectivity index (χ0) is 41.8. The molecule has 1 fully saturated rings. The smallest absolute Gasteiger partial charge is 0.397 e. The molecule has 6 unspecified atom stereocenters. The molecule has 1 aliphatic rings. The van der Waals surface area contributed by atoms with E-state index in [0.717, 1.165) is 44.9 Å². The van der Waals surface area contributed by atoms with Crippen LogP contribution in [0.15, 0.2) is 0 Å². The second-order valence-corrected chi connectivity index (χ2v) is 17.4. The number of carbonyl (C=O) groups is 1. The number of rotatable bonds is 41. The van der Waals surface area contributed by atoms with Crippen molar-refractivity contribution in [1.82, 2.24) is 0 Å². The van der Waals surface area contributed by atoms with Gasteiger partial charge in [0.1, 0.15) is 30.5 Å². The van der Waals surface area contributed by atoms with E-state index in [4.69, 9.17) is 23.5 Å². The van der Waals surface area contributed by atoms with Gasteiger partial charge < -0.3 is 34.3 Å². The van der Waals surface area contributed by atoms with Gasteiger partial charge in [-0.05, 0) is 12.8 Å². The quantitative estimate of drug-likeness (QED) is 0.0261. The monoisotopic (exact) mass is 839 g/mol. The minimum atomic E-state index is -5.05. The Hall–Kier alpha value is -0.900. The topological polar surface area (TPSA) is 178 Å². The Morgan fingerprint density at radius 2 is 1.00 bits per heavy atom. The Kier molecular flexibility index (Phi) is 35.0. The van der Waals surface area contributed by atoms with Gasteiger partial charge >= 0.3 is 16.4 Å². The zero-order valence-electron chi connectivity index (χ0n) is 36.2. The Bertz CT molecular complexity index is 1020. The Morgan fingerprint density at radius 1 is 0.596 bits per heavy atom. The van der Waals surface area contributed by atoms with Crippen LogP contribution in [0.3, 0.4) is 0 Å². The molecular formula is C44H86O12S. The predicted octanol–water partition coefficient (Wildman–Crippen LogP) is 9.69. The van der Waals surface area contributed by atoms with Gasteiger partial charge in [0.05, 0.1) is 19.8 Å². The summed E-state index contributed by atoms with van der Waals surface area (Å²) in [6.07, 6.45) is 29.1. The number of esters is 1. The SMILES string of the molecule is CCCCCCCCCCCCCCCCCCCCCCCCCCOCC(COC1OC(CO)C(O)C(OS(=O)(=O)O)C1O)OC(=O)CCCCCCCC. The fraction of sp³-hybridized carbons (Fsp3) is 0.977. The van der Waals surface area contributed by atoms with E-state index in [0.29, 0.717) is 13.0 Å². The molecule has 0 spiro atoms. The first-order chi connectivity index (χ1) is 27.6. The van der Waals surface area contributed by atoms with Gasteiger partial charge in [-0.3, -0.25) is 9.35 Å². The lowest BCUT2D eigenvalue weighted by atomic mass is 9.99. The molecule has 0 aromatic heterocycles. The van der Waals surface area contributed by atoms with Crippen LogP contribution in [-0.4, -0.2) is 97.5 Å². The Balaban J connectivity index is 2.21. The van der Waals surface area contributed by atoms with Crippen molar-refractivity contribution in [1.29, 1.82) is 0 Å². The molecule has 13 heteroatoms. The number of hydrogen-bond donors (Lipinski definition) is 4. The molecule has 0 radical (unpaired) electrons. The van der Waals surface area contributed by atoms with E-state index in [1.54, 1.807) is 0 Å². The molecule has 0 aliphatic carbocycles. The first-order valence-corrected chi connectivity index (χ1v) is 24.7. The van der Waals surface area contributed by atoms with Crippen LogP contribution in [0.4, 0.5) is 0 Å². The third-order valence-electron chi connectivity index (χ3n) is 11.0. The van der Waals surface area contributed by atoms with Crippen molar-refractivity contribution in [2.75, 3.05) is 26.4 Å². The van der Waals surface area contributed by atoms with Gasteiger partial charge in [-0.1, -0.05) is 194 Å². The largest absolute Gasteiger partial charge is 0.457 e. The summed E-state index contributed by atoms with van der Waals surface area (Å²) in [5.74, 6) is -0.404. The lowest BCUT2D eigenvalue weighted by Crippen LogP contribution is -2.60. The summed E-state index contributed by atoms with van der Waals surface area (Å²) < 4.78 is 58.8. The van der Waals surface area contributed by atoms with Crippen molar-refractivity contribution in [3.63, 3.8) is 0 Å². The predicted molar refractivity (Wildman–Crippen MR) is 225 cm³/mol. The van der Waals surface area contributed by atoms with Crippen LogP contribution in [0.25, 0.3) is 0 Å². The number of unbranched alkanes of at least 4 members (excludes halogenated alkanes) is 28. The molecule has 6 atom stereocenters. The molecule has 1 aliphatic heterocycles. The summed E-state index contributed by atoms with van der Waals surface area (Å²) in [6.45, 7) is 3.95. The summed E-state index contributed by atoms with van der Waals surface area (Å²) in [7, 11) is -5.05. The van der Waals surface area contributed by atoms with Crippen molar-refractivity contribution >= 4 is 16.4 Å². The molecule has 0 saturated carbocycles. The van der Waals surface area contributed by atoms with Crippen LogP contribution in [0.5, 0.6) is 0 Å². The van der Waals surface area contributed by atoms with Gasteiger partial charge in [0.2, 0.25) is 0 Å². The highest BCUT2D eigenvalue weighted by atomic mass is 32.3. The second-order valence-electron chi connectivity index (χ2n) is 16.4. The average Bonchev–Trinajstić information content (AvgIpc) is 3.18. The molecule has 4 N–H and O–H groups in total. The number of ether oxygens (including phenoxy) is 4. The molecule has 12 nitrogen and oxygen atoms in total. The lowest BCUT2D eigenvalue weighted by molar-refractivity contribution is -0.301. The Morgan fingerprint density at radius 3 is 1.40 bits per heavy atom. The number of aliphatic hydroxyl groups is 3. The summed E-state index contributed by atoms with van der Waals surface area (Å²) in [5, 5.41) is 30.5. The third-order valence-corrected chi connectivity index (χ3v) is 11.4. The number of carbonyl (C=O) groups excluding carboxylic acids is 1. The maximum Gasteiger partial charge on any atom is 0.397 e. The summed E-state index contributed by atoms with van der Waals surface area (Å²) in [6, 6.07) is 0. The van der Waals surface area contributed by atoms with Gasteiger partial charge in [0, 0.05) is 13.0 Å². The van der Waals surface area contributed by atoms with Gasteiger partial charge in [-0.25, -0.2) is 4.18 Å². The molecule has 1 saturated heterocycles. The minimum absolute atomic E-state index is 0.0431. The maximum atomic E-state index is 12.7. The molecular weight excluding hydrogens is 753 g/mol. The fourth-order valence-corrected chi connectivity index (χ4v) is 7.95. The van der Waals surface area contributed by atoms with Crippen LogP contribution in [0, 0.1) is 0 Å². The second kappa shape index (κ2) is 36.9. The standard InChI is InChI=1S/C44H86O12S/c1-3-5-7-9-11-12-13-14-15-16-17-18-19-20-21-22-23-24-25-26-27-28-30-32-34-52-36-38(54-40(46)33-31-29-10-8-6-4-2)37-53-44-42(48)43(56-57(49,50)51)41(47)39(35-45)55-44/h38-39,41-45,47-48H,3-37H2,1-2H3,(H,49,50,51). The average molecular weight is 839 g/mol. The van der Waals surface area contributed by atoms with Crippen molar-refractivity contribution in [2.45, 2.75) is 250 Å². The lowest BCUT2D eigenvalue weighted by Gasteiger charge is -2.41. The minimum Gasteiger partial charge on any atom is -0.457 e. The number of aliphatic hydroxyl groups excluding tert-OH is 3. The molecule has 57 heavy (non-hydrogen) atoms. The fourth-order valence-electron chi connectivity index (χ4n) is 7.44. The maximum absolute atomic E-state index is 12.7. The number of hydrogen-bond acceptors (Lipinski definition) is 11. The summed E-state index contributed by atoms with van der Waals surface area (Å²) in [4.78, 5) is 12.7. The normalized spacial score (nSPS) is 20.6. The van der Waals surface area contributed by atoms with Gasteiger partial charge in [-0.2, -0.15) is 8.42 Å². The van der Waals surface area contributed by atoms with Crippen LogP contribution >= 0.6 is 0 Å². The van der Waals surface area contributed by atoms with Crippen LogP contribution in [0.1, 0.15) is 213 Å². The van der Waals surface area contributed by atoms with Crippen molar-refractivity contribution in [3.05, 3.63) is 0 Å². The van der Waals surface area contributed by atoms with Crippen molar-refractivity contribution < 1.29 is 56.2 Å². The zero-order valence-corrected chi connectivity index (χ0v) is 37.0. The van der Waals surface area contributed by atoms with Crippen LogP contribution in [-0.2, 0) is 38.3 Å². The summed E-state index contributed by atoms with van der Waals surface area (Å²) in [5.41, 5.74) is 0. The van der Waals surface area contributed by atoms with E-state index < -0.39 is 59.8 Å². The van der Waals surface area contributed by atoms with Crippen molar-refractivity contribution in [2.24, 2.45) is 0 Å². The summed E-state index contributed by atoms with van der Waals surface area (Å²) >= 11 is 0.